The van der Waals surface area contributed by atoms with Crippen molar-refractivity contribution in [2.75, 3.05) is 19.8 Å². The molecular formula is C44H62O15. The maximum Gasteiger partial charge on any atom is 0.338 e. The molecule has 6 aliphatic rings. The molecule has 1 aromatic carbocycles. The number of allylic oxidation sites excluding steroid dienone is 1. The van der Waals surface area contributed by atoms with Gasteiger partial charge in [-0.05, 0) is 101 Å². The summed E-state index contributed by atoms with van der Waals surface area (Å²) < 4.78 is 41.7. The van der Waals surface area contributed by atoms with Crippen molar-refractivity contribution in [3.05, 3.63) is 47.0 Å². The molecule has 2 heterocycles. The van der Waals surface area contributed by atoms with Gasteiger partial charge in [-0.2, -0.15) is 0 Å². The molecule has 4 aliphatic carbocycles. The smallest absolute Gasteiger partial charge is 0.338 e. The lowest BCUT2D eigenvalue weighted by atomic mass is 9.46. The number of aliphatic hydroxyl groups excluding tert-OH is 4. The molecule has 5 N–H and O–H groups in total. The van der Waals surface area contributed by atoms with Crippen LogP contribution >= 0.6 is 0 Å². The van der Waals surface area contributed by atoms with E-state index in [0.29, 0.717) is 25.2 Å². The zero-order chi connectivity index (χ0) is 42.6. The fourth-order valence-corrected chi connectivity index (χ4v) is 11.6. The van der Waals surface area contributed by atoms with Crippen LogP contribution in [0.5, 0.6) is 0 Å². The van der Waals surface area contributed by atoms with E-state index in [-0.39, 0.29) is 42.1 Å². The van der Waals surface area contributed by atoms with Crippen LogP contribution in [0.2, 0.25) is 0 Å². The van der Waals surface area contributed by atoms with E-state index in [1.54, 1.807) is 38.1 Å². The molecule has 0 aromatic heterocycles. The first-order valence-electron chi connectivity index (χ1n) is 21.2. The maximum absolute atomic E-state index is 13.6. The van der Waals surface area contributed by atoms with Crippen molar-refractivity contribution < 1.29 is 73.1 Å². The molecular weight excluding hydrogens is 768 g/mol. The molecule has 3 unspecified atom stereocenters. The summed E-state index contributed by atoms with van der Waals surface area (Å²) >= 11 is 0. The van der Waals surface area contributed by atoms with Crippen molar-refractivity contribution in [3.63, 3.8) is 0 Å². The Labute approximate surface area is 345 Å². The quantitative estimate of drug-likeness (QED) is 0.130. The standard InChI is InChI=1S/C44H62O15/c1-7-53-38(50)23(3)44(52)33(19-30-28-13-12-26-18-27(46)14-16-42(26,5)29(28)15-17-43(30,44)6)57-41-37(56-24(4)45)35(32(48)21-55-41)59-40-36(34(49)31(47)20-54-40)58-39(51)25-10-8-22(2)9-11-25/h8-12,23,27-37,40-41,46-49,52H,7,13-21H2,1-6H3/t23-,27-,28?,29?,30?,31+,32-,33-,34-,35-,36+,37+,40-,41-,42-,43-,44+/m0/s1. The zero-order valence-corrected chi connectivity index (χ0v) is 34.9. The number of carbonyl (C=O) groups excluding carboxylic acids is 3. The highest BCUT2D eigenvalue weighted by atomic mass is 16.8. The van der Waals surface area contributed by atoms with Gasteiger partial charge in [0.15, 0.2) is 24.8 Å². The molecule has 3 saturated carbocycles. The lowest BCUT2D eigenvalue weighted by molar-refractivity contribution is -0.345. The van der Waals surface area contributed by atoms with E-state index in [0.717, 1.165) is 31.2 Å². The van der Waals surface area contributed by atoms with Gasteiger partial charge in [-0.15, -0.1) is 0 Å². The van der Waals surface area contributed by atoms with Gasteiger partial charge in [0.2, 0.25) is 0 Å². The van der Waals surface area contributed by atoms with Crippen LogP contribution in [-0.4, -0.2) is 130 Å². The van der Waals surface area contributed by atoms with Gasteiger partial charge in [-0.3, -0.25) is 9.59 Å². The first kappa shape index (κ1) is 44.1. The van der Waals surface area contributed by atoms with Crippen LogP contribution < -0.4 is 0 Å². The van der Waals surface area contributed by atoms with Gasteiger partial charge in [0.25, 0.3) is 0 Å². The van der Waals surface area contributed by atoms with Crippen molar-refractivity contribution >= 4 is 17.9 Å². The number of fused-ring (bicyclic) bond motifs is 5. The van der Waals surface area contributed by atoms with Crippen LogP contribution in [0.1, 0.15) is 95.5 Å². The van der Waals surface area contributed by atoms with Crippen LogP contribution in [-0.2, 0) is 42.7 Å². The molecule has 2 aliphatic heterocycles. The summed E-state index contributed by atoms with van der Waals surface area (Å²) in [5.41, 5.74) is -0.313. The Morgan fingerprint density at radius 3 is 2.24 bits per heavy atom. The van der Waals surface area contributed by atoms with E-state index in [9.17, 15) is 39.9 Å². The number of ether oxygens (including phenoxy) is 7. The predicted octanol–water partition coefficient (Wildman–Crippen LogP) is 2.88. The molecule has 328 valence electrons. The second-order valence-electron chi connectivity index (χ2n) is 18.2. The molecule has 59 heavy (non-hydrogen) atoms. The summed E-state index contributed by atoms with van der Waals surface area (Å²) in [5, 5.41) is 56.6. The largest absolute Gasteiger partial charge is 0.466 e. The molecule has 17 atom stereocenters. The van der Waals surface area contributed by atoms with E-state index in [1.807, 2.05) is 13.8 Å². The Bertz CT molecular complexity index is 1730. The average molecular weight is 831 g/mol. The number of hydrogen-bond acceptors (Lipinski definition) is 15. The summed E-state index contributed by atoms with van der Waals surface area (Å²) in [4.78, 5) is 39.5. The minimum atomic E-state index is -1.78. The molecule has 0 radical (unpaired) electrons. The maximum atomic E-state index is 13.6. The van der Waals surface area contributed by atoms with Crippen molar-refractivity contribution in [1.82, 2.24) is 0 Å². The Balaban J connectivity index is 1.18. The molecule has 0 bridgehead atoms. The second-order valence-corrected chi connectivity index (χ2v) is 18.2. The first-order chi connectivity index (χ1) is 27.9. The number of rotatable bonds is 10. The van der Waals surface area contributed by atoms with E-state index in [4.69, 9.17) is 33.2 Å². The van der Waals surface area contributed by atoms with Crippen molar-refractivity contribution in [2.24, 2.45) is 34.5 Å². The Morgan fingerprint density at radius 2 is 1.56 bits per heavy atom. The minimum absolute atomic E-state index is 0.0992. The Kier molecular flexibility index (Phi) is 12.7. The van der Waals surface area contributed by atoms with Gasteiger partial charge < -0.3 is 58.7 Å². The number of aliphatic hydroxyl groups is 5. The number of aryl methyl sites for hydroxylation is 1. The third-order valence-corrected chi connectivity index (χ3v) is 14.9. The lowest BCUT2D eigenvalue weighted by Gasteiger charge is -2.59. The molecule has 0 spiro atoms. The summed E-state index contributed by atoms with van der Waals surface area (Å²) in [6.45, 7) is 10.0. The average Bonchev–Trinajstić information content (AvgIpc) is 3.42. The molecule has 15 nitrogen and oxygen atoms in total. The van der Waals surface area contributed by atoms with Crippen LogP contribution in [0.15, 0.2) is 35.9 Å². The summed E-state index contributed by atoms with van der Waals surface area (Å²) in [7, 11) is 0. The monoisotopic (exact) mass is 830 g/mol. The number of benzene rings is 1. The highest BCUT2D eigenvalue weighted by Crippen LogP contribution is 2.69. The fourth-order valence-electron chi connectivity index (χ4n) is 11.6. The fraction of sp³-hybridized carbons (Fsp3) is 0.750. The van der Waals surface area contributed by atoms with Gasteiger partial charge >= 0.3 is 17.9 Å². The van der Waals surface area contributed by atoms with Crippen LogP contribution in [0.4, 0.5) is 0 Å². The molecule has 7 rings (SSSR count). The van der Waals surface area contributed by atoms with Crippen LogP contribution in [0, 0.1) is 41.4 Å². The Hall–Kier alpha value is -2.99. The molecule has 0 amide bonds. The summed E-state index contributed by atoms with van der Waals surface area (Å²) in [6.07, 6.45) is -6.34. The molecule has 5 fully saturated rings. The van der Waals surface area contributed by atoms with Crippen molar-refractivity contribution in [3.8, 4) is 0 Å². The number of esters is 3. The Morgan fingerprint density at radius 1 is 0.881 bits per heavy atom. The summed E-state index contributed by atoms with van der Waals surface area (Å²) in [6, 6.07) is 6.53. The third kappa shape index (κ3) is 7.89. The van der Waals surface area contributed by atoms with E-state index in [1.165, 1.54) is 12.5 Å². The number of carbonyl (C=O) groups is 3. The van der Waals surface area contributed by atoms with Gasteiger partial charge in [0.1, 0.15) is 30.0 Å². The van der Waals surface area contributed by atoms with Crippen LogP contribution in [0.25, 0.3) is 0 Å². The van der Waals surface area contributed by atoms with Gasteiger partial charge in [-0.1, -0.05) is 43.2 Å². The molecule has 1 aromatic rings. The van der Waals surface area contributed by atoms with Crippen LogP contribution in [0.3, 0.4) is 0 Å². The number of hydrogen-bond donors (Lipinski definition) is 5. The highest BCUT2D eigenvalue weighted by molar-refractivity contribution is 5.89. The van der Waals surface area contributed by atoms with E-state index < -0.39 is 96.8 Å². The minimum Gasteiger partial charge on any atom is -0.466 e. The topological polar surface area (TPSA) is 217 Å². The zero-order valence-electron chi connectivity index (χ0n) is 34.9. The molecule has 2 saturated heterocycles. The third-order valence-electron chi connectivity index (χ3n) is 14.9. The molecule has 15 heteroatoms. The van der Waals surface area contributed by atoms with Crippen molar-refractivity contribution in [2.45, 2.75) is 154 Å². The van der Waals surface area contributed by atoms with Gasteiger partial charge in [-0.25, -0.2) is 4.79 Å². The van der Waals surface area contributed by atoms with E-state index >= 15 is 0 Å². The van der Waals surface area contributed by atoms with Crippen molar-refractivity contribution in [1.29, 1.82) is 0 Å². The predicted molar refractivity (Wildman–Crippen MR) is 207 cm³/mol. The van der Waals surface area contributed by atoms with Gasteiger partial charge in [0, 0.05) is 12.3 Å². The first-order valence-corrected chi connectivity index (χ1v) is 21.2. The normalized spacial score (nSPS) is 43.6. The van der Waals surface area contributed by atoms with E-state index in [2.05, 4.69) is 13.0 Å². The lowest BCUT2D eigenvalue weighted by Crippen LogP contribution is -2.64. The highest BCUT2D eigenvalue weighted by Gasteiger charge is 2.71. The summed E-state index contributed by atoms with van der Waals surface area (Å²) in [5.74, 6) is -2.86. The van der Waals surface area contributed by atoms with Gasteiger partial charge in [0.05, 0.1) is 43.5 Å². The second kappa shape index (κ2) is 17.1. The SMILES string of the molecule is CCOC(=O)[C@H](C)[C@@]1(O)[C@@H](O[C@@H]2OC[C@H](O)[C@H](O[C@@H]3OC[C@@H](O)[C@H](O)[C@H]3OC(=O)c3ccc(C)cc3)[C@H]2OC(C)=O)CC2C3CC=C4C[C@@H](O)CC[C@]4(C)C3CC[C@@]21C.